The highest BCUT2D eigenvalue weighted by molar-refractivity contribution is 5.84. The summed E-state index contributed by atoms with van der Waals surface area (Å²) in [7, 11) is 0. The molecule has 1 radical (unpaired) electrons. The van der Waals surface area contributed by atoms with Gasteiger partial charge in [0.1, 0.15) is 5.75 Å². The molecule has 0 aliphatic heterocycles. The monoisotopic (exact) mass is 185 g/mol. The Hall–Kier alpha value is -1.83. The third-order valence-corrected chi connectivity index (χ3v) is 1.89. The van der Waals surface area contributed by atoms with Crippen LogP contribution in [0.25, 0.3) is 10.8 Å². The molecule has 2 aromatic rings. The van der Waals surface area contributed by atoms with Crippen LogP contribution in [0.2, 0.25) is 0 Å². The molecule has 14 heavy (non-hydrogen) atoms. The molecule has 0 aromatic heterocycles. The number of hydrogen-bond acceptors (Lipinski definition) is 2. The second-order valence-corrected chi connectivity index (χ2v) is 3.02. The first-order chi connectivity index (χ1) is 6.75. The van der Waals surface area contributed by atoms with E-state index in [9.17, 15) is 4.79 Å². The predicted molar refractivity (Wildman–Crippen MR) is 54.1 cm³/mol. The first-order valence-corrected chi connectivity index (χ1v) is 4.34. The van der Waals surface area contributed by atoms with Crippen molar-refractivity contribution < 1.29 is 9.53 Å². The average Bonchev–Trinajstić information content (AvgIpc) is 2.17. The number of carbonyl (C=O) groups excluding carboxylic acids is 1. The van der Waals surface area contributed by atoms with Crippen molar-refractivity contribution in [3.05, 3.63) is 42.5 Å². The Morgan fingerprint density at radius 1 is 1.36 bits per heavy atom. The van der Waals surface area contributed by atoms with Crippen LogP contribution in [0.5, 0.6) is 5.75 Å². The lowest BCUT2D eigenvalue weighted by molar-refractivity contribution is -0.131. The zero-order valence-electron chi connectivity index (χ0n) is 7.78. The molecule has 0 aliphatic carbocycles. The quantitative estimate of drug-likeness (QED) is 0.504. The van der Waals surface area contributed by atoms with Gasteiger partial charge in [0.15, 0.2) is 0 Å². The van der Waals surface area contributed by atoms with Crippen molar-refractivity contribution in [1.29, 1.82) is 0 Å². The van der Waals surface area contributed by atoms with Crippen molar-refractivity contribution in [3.63, 3.8) is 0 Å². The lowest BCUT2D eigenvalue weighted by atomic mass is 10.1. The maximum atomic E-state index is 10.7. The molecule has 2 nitrogen and oxygen atoms in total. The van der Waals surface area contributed by atoms with Crippen molar-refractivity contribution in [3.8, 4) is 5.75 Å². The number of carbonyl (C=O) groups is 1. The van der Waals surface area contributed by atoms with Crippen LogP contribution in [-0.4, -0.2) is 5.97 Å². The normalized spacial score (nSPS) is 10.1. The van der Waals surface area contributed by atoms with Crippen molar-refractivity contribution in [1.82, 2.24) is 0 Å². The molecule has 2 rings (SSSR count). The zero-order valence-corrected chi connectivity index (χ0v) is 7.78. The fourth-order valence-corrected chi connectivity index (χ4v) is 1.32. The molecule has 69 valence electrons. The largest absolute Gasteiger partial charge is 0.427 e. The smallest absolute Gasteiger partial charge is 0.308 e. The summed E-state index contributed by atoms with van der Waals surface area (Å²) < 4.78 is 4.95. The third-order valence-electron chi connectivity index (χ3n) is 1.89. The highest BCUT2D eigenvalue weighted by Crippen LogP contribution is 2.19. The van der Waals surface area contributed by atoms with Gasteiger partial charge in [0.25, 0.3) is 0 Å². The fourth-order valence-electron chi connectivity index (χ4n) is 1.32. The summed E-state index contributed by atoms with van der Waals surface area (Å²) in [5.74, 6) is 0.227. The van der Waals surface area contributed by atoms with Gasteiger partial charge in [-0.2, -0.15) is 0 Å². The van der Waals surface area contributed by atoms with Gasteiger partial charge in [0.2, 0.25) is 0 Å². The van der Waals surface area contributed by atoms with E-state index in [0.717, 1.165) is 10.8 Å². The molecule has 0 amide bonds. The lowest BCUT2D eigenvalue weighted by Gasteiger charge is -2.02. The van der Waals surface area contributed by atoms with Gasteiger partial charge < -0.3 is 4.74 Å². The van der Waals surface area contributed by atoms with Gasteiger partial charge in [-0.05, 0) is 29.0 Å². The van der Waals surface area contributed by atoms with E-state index >= 15 is 0 Å². The standard InChI is InChI=1S/C12H9O2/c1-9(13)14-12-7-6-10-4-2-3-5-11(10)8-12/h2-5,7-8H,1H3. The van der Waals surface area contributed by atoms with Crippen LogP contribution in [0.1, 0.15) is 6.92 Å². The minimum atomic E-state index is -0.311. The van der Waals surface area contributed by atoms with Crippen molar-refractivity contribution in [2.75, 3.05) is 0 Å². The molecule has 0 saturated carbocycles. The molecule has 0 saturated heterocycles. The van der Waals surface area contributed by atoms with Crippen LogP contribution in [-0.2, 0) is 4.79 Å². The maximum absolute atomic E-state index is 10.7. The van der Waals surface area contributed by atoms with E-state index < -0.39 is 0 Å². The summed E-state index contributed by atoms with van der Waals surface area (Å²) in [6, 6.07) is 14.4. The topological polar surface area (TPSA) is 26.3 Å². The van der Waals surface area contributed by atoms with E-state index in [-0.39, 0.29) is 5.97 Å². The molecule has 0 atom stereocenters. The van der Waals surface area contributed by atoms with Crippen molar-refractivity contribution in [2.24, 2.45) is 0 Å². The number of rotatable bonds is 1. The van der Waals surface area contributed by atoms with Crippen LogP contribution in [0, 0.1) is 6.07 Å². The molecule has 2 heteroatoms. The van der Waals surface area contributed by atoms with Crippen molar-refractivity contribution in [2.45, 2.75) is 6.92 Å². The van der Waals surface area contributed by atoms with Gasteiger partial charge in [0.05, 0.1) is 0 Å². The number of benzene rings is 2. The molecule has 0 N–H and O–H groups in total. The summed E-state index contributed by atoms with van der Waals surface area (Å²) in [5.41, 5.74) is 0. The van der Waals surface area contributed by atoms with Crippen molar-refractivity contribution >= 4 is 16.7 Å². The molecule has 0 spiro atoms. The third kappa shape index (κ3) is 1.74. The Labute approximate surface area is 82.1 Å². The second kappa shape index (κ2) is 3.50. The Morgan fingerprint density at radius 2 is 2.14 bits per heavy atom. The van der Waals surface area contributed by atoms with Crippen LogP contribution in [0.3, 0.4) is 0 Å². The van der Waals surface area contributed by atoms with Crippen LogP contribution in [0.15, 0.2) is 36.4 Å². The van der Waals surface area contributed by atoms with Gasteiger partial charge in [-0.1, -0.05) is 24.3 Å². The Bertz CT molecular complexity index is 474. The molecule has 0 heterocycles. The van der Waals surface area contributed by atoms with Crippen LogP contribution >= 0.6 is 0 Å². The Balaban J connectivity index is 2.46. The molecule has 0 aliphatic rings. The van der Waals surface area contributed by atoms with E-state index in [2.05, 4.69) is 6.07 Å². The summed E-state index contributed by atoms with van der Waals surface area (Å²) in [6.45, 7) is 1.38. The minimum Gasteiger partial charge on any atom is -0.427 e. The molecule has 0 bridgehead atoms. The first-order valence-electron chi connectivity index (χ1n) is 4.34. The lowest BCUT2D eigenvalue weighted by Crippen LogP contribution is -2.00. The first kappa shape index (κ1) is 8.75. The van der Waals surface area contributed by atoms with E-state index in [0.29, 0.717) is 5.75 Å². The van der Waals surface area contributed by atoms with E-state index in [1.54, 1.807) is 6.07 Å². The van der Waals surface area contributed by atoms with E-state index in [1.165, 1.54) is 6.92 Å². The van der Waals surface area contributed by atoms with Crippen LogP contribution < -0.4 is 4.74 Å². The molecule has 0 fully saturated rings. The van der Waals surface area contributed by atoms with E-state index in [4.69, 9.17) is 4.74 Å². The molecular weight excluding hydrogens is 176 g/mol. The summed E-state index contributed by atoms with van der Waals surface area (Å²) in [4.78, 5) is 10.7. The fraction of sp³-hybridized carbons (Fsp3) is 0.0833. The highest BCUT2D eigenvalue weighted by atomic mass is 16.5. The van der Waals surface area contributed by atoms with Crippen LogP contribution in [0.4, 0.5) is 0 Å². The summed E-state index contributed by atoms with van der Waals surface area (Å²) in [6.07, 6.45) is 0. The number of hydrogen-bond donors (Lipinski definition) is 0. The predicted octanol–water partition coefficient (Wildman–Crippen LogP) is 2.57. The number of ether oxygens (including phenoxy) is 1. The maximum Gasteiger partial charge on any atom is 0.308 e. The van der Waals surface area contributed by atoms with E-state index in [1.807, 2.05) is 30.3 Å². The molecular formula is C12H9O2. The number of esters is 1. The highest BCUT2D eigenvalue weighted by Gasteiger charge is 1.99. The second-order valence-electron chi connectivity index (χ2n) is 3.02. The molecule has 0 unspecified atom stereocenters. The average molecular weight is 185 g/mol. The van der Waals surface area contributed by atoms with Gasteiger partial charge in [-0.25, -0.2) is 0 Å². The Morgan fingerprint density at radius 3 is 2.93 bits per heavy atom. The summed E-state index contributed by atoms with van der Waals surface area (Å²) in [5, 5.41) is 2.04. The van der Waals surface area contributed by atoms with Gasteiger partial charge >= 0.3 is 5.97 Å². The van der Waals surface area contributed by atoms with Gasteiger partial charge in [0, 0.05) is 6.92 Å². The zero-order chi connectivity index (χ0) is 9.97. The number of fused-ring (bicyclic) bond motifs is 1. The summed E-state index contributed by atoms with van der Waals surface area (Å²) >= 11 is 0. The Kier molecular flexibility index (Phi) is 2.19. The molecule has 2 aromatic carbocycles. The minimum absolute atomic E-state index is 0.311. The van der Waals surface area contributed by atoms with Gasteiger partial charge in [-0.15, -0.1) is 0 Å². The van der Waals surface area contributed by atoms with Gasteiger partial charge in [-0.3, -0.25) is 4.79 Å². The SMILES string of the molecule is CC(=O)Oc1c[c]c2ccccc2c1.